The number of hydrogen-bond acceptors (Lipinski definition) is 4. The Hall–Kier alpha value is -2.86. The number of H-pyrrole nitrogens is 2. The smallest absolute Gasteiger partial charge is 0.323 e. The number of para-hydroxylation sites is 1. The topological polar surface area (TPSA) is 73.6 Å². The van der Waals surface area contributed by atoms with Gasteiger partial charge < -0.3 is 15.3 Å². The van der Waals surface area contributed by atoms with Crippen molar-refractivity contribution in [2.75, 3.05) is 5.32 Å². The van der Waals surface area contributed by atoms with E-state index in [4.69, 9.17) is 0 Å². The lowest BCUT2D eigenvalue weighted by molar-refractivity contribution is 1.21. The first-order chi connectivity index (χ1) is 10.8. The zero-order chi connectivity index (χ0) is 14.9. The molecule has 4 aromatic rings. The Kier molecular flexibility index (Phi) is 3.01. The molecule has 0 saturated heterocycles. The van der Waals surface area contributed by atoms with Crippen molar-refractivity contribution in [3.8, 4) is 11.3 Å². The molecule has 2 heterocycles. The van der Waals surface area contributed by atoms with Crippen molar-refractivity contribution in [1.82, 2.24) is 15.0 Å². The fourth-order valence-corrected chi connectivity index (χ4v) is 3.04. The molecule has 22 heavy (non-hydrogen) atoms. The molecule has 4 rings (SSSR count). The lowest BCUT2D eigenvalue weighted by atomic mass is 10.1. The highest BCUT2D eigenvalue weighted by Gasteiger charge is 2.07. The second kappa shape index (κ2) is 5.16. The van der Waals surface area contributed by atoms with E-state index < -0.39 is 0 Å². The van der Waals surface area contributed by atoms with Crippen molar-refractivity contribution in [1.29, 1.82) is 0 Å². The first-order valence-electron chi connectivity index (χ1n) is 6.78. The second-order valence-corrected chi connectivity index (χ2v) is 5.73. The molecule has 0 amide bonds. The molecule has 0 aliphatic heterocycles. The molecular formula is C16H12N4OS. The van der Waals surface area contributed by atoms with Crippen LogP contribution in [0.5, 0.6) is 0 Å². The zero-order valence-electron chi connectivity index (χ0n) is 11.5. The SMILES string of the molecule is O=c1[nH]c2ccc(-c3csc(Nc4ccccc4)n3)cc2[nH]1. The number of fused-ring (bicyclic) bond motifs is 1. The number of aromatic amines is 2. The van der Waals surface area contributed by atoms with Crippen LogP contribution in [0.1, 0.15) is 0 Å². The molecule has 2 aromatic heterocycles. The largest absolute Gasteiger partial charge is 0.332 e. The maximum Gasteiger partial charge on any atom is 0.323 e. The van der Waals surface area contributed by atoms with E-state index >= 15 is 0 Å². The second-order valence-electron chi connectivity index (χ2n) is 4.87. The first-order valence-corrected chi connectivity index (χ1v) is 7.66. The number of nitrogens with one attached hydrogen (secondary N) is 3. The van der Waals surface area contributed by atoms with E-state index in [1.807, 2.05) is 53.9 Å². The Bertz CT molecular complexity index is 984. The molecule has 3 N–H and O–H groups in total. The van der Waals surface area contributed by atoms with Crippen LogP contribution in [0.2, 0.25) is 0 Å². The minimum atomic E-state index is -0.197. The van der Waals surface area contributed by atoms with E-state index in [1.54, 1.807) is 11.3 Å². The van der Waals surface area contributed by atoms with Crippen LogP contribution in [0.4, 0.5) is 10.8 Å². The summed E-state index contributed by atoms with van der Waals surface area (Å²) in [4.78, 5) is 21.4. The Balaban J connectivity index is 1.66. The first kappa shape index (κ1) is 12.8. The summed E-state index contributed by atoms with van der Waals surface area (Å²) in [5.41, 5.74) is 4.25. The summed E-state index contributed by atoms with van der Waals surface area (Å²) >= 11 is 1.55. The van der Waals surface area contributed by atoms with Crippen LogP contribution in [0.3, 0.4) is 0 Å². The molecule has 0 fully saturated rings. The van der Waals surface area contributed by atoms with Gasteiger partial charge in [-0.05, 0) is 24.3 Å². The lowest BCUT2D eigenvalue weighted by Gasteiger charge is -2.01. The molecule has 0 aliphatic rings. The van der Waals surface area contributed by atoms with Gasteiger partial charge >= 0.3 is 5.69 Å². The molecule has 0 atom stereocenters. The van der Waals surface area contributed by atoms with Gasteiger partial charge in [0.25, 0.3) is 0 Å². The van der Waals surface area contributed by atoms with Gasteiger partial charge in [0.2, 0.25) is 0 Å². The Morgan fingerprint density at radius 3 is 2.68 bits per heavy atom. The predicted octanol–water partition coefficient (Wildman–Crippen LogP) is 3.72. The van der Waals surface area contributed by atoms with Crippen LogP contribution in [-0.2, 0) is 0 Å². The number of thiazole rings is 1. The molecule has 0 saturated carbocycles. The number of anilines is 2. The van der Waals surface area contributed by atoms with Gasteiger partial charge in [0.1, 0.15) is 0 Å². The van der Waals surface area contributed by atoms with Crippen molar-refractivity contribution in [3.63, 3.8) is 0 Å². The standard InChI is InChI=1S/C16H12N4OS/c21-15-18-12-7-6-10(8-13(12)19-15)14-9-22-16(20-14)17-11-4-2-1-3-5-11/h1-9H,(H,17,20)(H2,18,19,21). The van der Waals surface area contributed by atoms with Gasteiger partial charge in [-0.15, -0.1) is 11.3 Å². The highest BCUT2D eigenvalue weighted by Crippen LogP contribution is 2.28. The summed E-state index contributed by atoms with van der Waals surface area (Å²) < 4.78 is 0. The quantitative estimate of drug-likeness (QED) is 0.540. The van der Waals surface area contributed by atoms with E-state index in [0.29, 0.717) is 0 Å². The third kappa shape index (κ3) is 2.40. The van der Waals surface area contributed by atoms with Crippen LogP contribution in [0, 0.1) is 0 Å². The molecule has 5 nitrogen and oxygen atoms in total. The Labute approximate surface area is 129 Å². The maximum atomic E-state index is 11.3. The van der Waals surface area contributed by atoms with Crippen molar-refractivity contribution >= 4 is 33.2 Å². The van der Waals surface area contributed by atoms with E-state index in [0.717, 1.165) is 33.1 Å². The number of imidazole rings is 1. The highest BCUT2D eigenvalue weighted by atomic mass is 32.1. The molecule has 0 unspecified atom stereocenters. The van der Waals surface area contributed by atoms with Gasteiger partial charge in [0.05, 0.1) is 16.7 Å². The predicted molar refractivity (Wildman–Crippen MR) is 89.8 cm³/mol. The summed E-state index contributed by atoms with van der Waals surface area (Å²) in [5, 5.41) is 6.11. The fourth-order valence-electron chi connectivity index (χ4n) is 2.30. The summed E-state index contributed by atoms with van der Waals surface area (Å²) in [5.74, 6) is 0. The lowest BCUT2D eigenvalue weighted by Crippen LogP contribution is -1.99. The van der Waals surface area contributed by atoms with E-state index in [-0.39, 0.29) is 5.69 Å². The van der Waals surface area contributed by atoms with Crippen LogP contribution >= 0.6 is 11.3 Å². The molecule has 0 spiro atoms. The molecule has 0 radical (unpaired) electrons. The minimum absolute atomic E-state index is 0.197. The summed E-state index contributed by atoms with van der Waals surface area (Å²) in [6.07, 6.45) is 0. The Morgan fingerprint density at radius 2 is 1.82 bits per heavy atom. The summed E-state index contributed by atoms with van der Waals surface area (Å²) in [6, 6.07) is 15.7. The number of nitrogens with zero attached hydrogens (tertiary/aromatic N) is 1. The molecule has 0 aliphatic carbocycles. The molecular weight excluding hydrogens is 296 g/mol. The summed E-state index contributed by atoms with van der Waals surface area (Å²) in [6.45, 7) is 0. The highest BCUT2D eigenvalue weighted by molar-refractivity contribution is 7.14. The van der Waals surface area contributed by atoms with Crippen molar-refractivity contribution < 1.29 is 0 Å². The monoisotopic (exact) mass is 308 g/mol. The van der Waals surface area contributed by atoms with Gasteiger partial charge in [0, 0.05) is 16.6 Å². The minimum Gasteiger partial charge on any atom is -0.332 e. The van der Waals surface area contributed by atoms with Gasteiger partial charge in [-0.2, -0.15) is 0 Å². The molecule has 2 aromatic carbocycles. The van der Waals surface area contributed by atoms with Gasteiger partial charge in [-0.1, -0.05) is 24.3 Å². The molecule has 6 heteroatoms. The fraction of sp³-hybridized carbons (Fsp3) is 0. The third-order valence-electron chi connectivity index (χ3n) is 3.34. The molecule has 108 valence electrons. The van der Waals surface area contributed by atoms with Crippen LogP contribution < -0.4 is 11.0 Å². The summed E-state index contributed by atoms with van der Waals surface area (Å²) in [7, 11) is 0. The van der Waals surface area contributed by atoms with Gasteiger partial charge in [-0.25, -0.2) is 9.78 Å². The van der Waals surface area contributed by atoms with Crippen LogP contribution in [0.15, 0.2) is 58.7 Å². The zero-order valence-corrected chi connectivity index (χ0v) is 12.3. The average Bonchev–Trinajstić information content (AvgIpc) is 3.13. The number of benzene rings is 2. The van der Waals surface area contributed by atoms with Crippen molar-refractivity contribution in [3.05, 3.63) is 64.4 Å². The van der Waals surface area contributed by atoms with Gasteiger partial charge in [-0.3, -0.25) is 0 Å². The van der Waals surface area contributed by atoms with Crippen LogP contribution in [-0.4, -0.2) is 15.0 Å². The van der Waals surface area contributed by atoms with Crippen molar-refractivity contribution in [2.24, 2.45) is 0 Å². The normalized spacial score (nSPS) is 10.9. The molecule has 0 bridgehead atoms. The van der Waals surface area contributed by atoms with Gasteiger partial charge in [0.15, 0.2) is 5.13 Å². The number of rotatable bonds is 3. The van der Waals surface area contributed by atoms with E-state index in [2.05, 4.69) is 20.3 Å². The Morgan fingerprint density at radius 1 is 1.00 bits per heavy atom. The maximum absolute atomic E-state index is 11.3. The number of hydrogen-bond donors (Lipinski definition) is 3. The third-order valence-corrected chi connectivity index (χ3v) is 4.10. The van der Waals surface area contributed by atoms with E-state index in [9.17, 15) is 4.79 Å². The van der Waals surface area contributed by atoms with Crippen LogP contribution in [0.25, 0.3) is 22.3 Å². The average molecular weight is 308 g/mol. The van der Waals surface area contributed by atoms with E-state index in [1.165, 1.54) is 0 Å². The number of aromatic nitrogens is 3. The van der Waals surface area contributed by atoms with Crippen molar-refractivity contribution in [2.45, 2.75) is 0 Å².